The van der Waals surface area contributed by atoms with Crippen LogP contribution < -0.4 is 24.2 Å². The molecule has 0 amide bonds. The van der Waals surface area contributed by atoms with Crippen LogP contribution in [0.5, 0.6) is 0 Å². The first-order valence-electron chi connectivity index (χ1n) is 6.74. The van der Waals surface area contributed by atoms with Crippen LogP contribution in [0.25, 0.3) is 0 Å². The van der Waals surface area contributed by atoms with E-state index in [0.29, 0.717) is 0 Å². The SMILES string of the molecule is C1CCNC1.[Li+].c1ccc(Cc2ccccc2)cc1. The summed E-state index contributed by atoms with van der Waals surface area (Å²) in [6, 6.07) is 21.1. The standard InChI is InChI=1S/C13H12.C4H9N.Li/c1-3-7-12(8-4-1)11-13-9-5-2-6-10-13;1-2-4-5-3-1;/h1-10H,11H2;5H,1-4H2;/q;;+1. The van der Waals surface area contributed by atoms with Gasteiger partial charge in [-0.05, 0) is 43.5 Å². The van der Waals surface area contributed by atoms with Crippen molar-refractivity contribution in [2.75, 3.05) is 13.1 Å². The number of rotatable bonds is 2. The van der Waals surface area contributed by atoms with Crippen LogP contribution in [-0.2, 0) is 6.42 Å². The van der Waals surface area contributed by atoms with Gasteiger partial charge in [0.15, 0.2) is 0 Å². The molecule has 1 N–H and O–H groups in total. The van der Waals surface area contributed by atoms with E-state index < -0.39 is 0 Å². The maximum absolute atomic E-state index is 3.22. The maximum atomic E-state index is 3.22. The molecule has 0 bridgehead atoms. The zero-order chi connectivity index (χ0) is 12.5. The van der Waals surface area contributed by atoms with Crippen LogP contribution in [0.3, 0.4) is 0 Å². The normalized spacial score (nSPS) is 13.1. The Morgan fingerprint density at radius 1 is 0.684 bits per heavy atom. The molecule has 1 aliphatic heterocycles. The Morgan fingerprint density at radius 3 is 1.42 bits per heavy atom. The van der Waals surface area contributed by atoms with E-state index in [-0.39, 0.29) is 18.9 Å². The fourth-order valence-corrected chi connectivity index (χ4v) is 2.05. The van der Waals surface area contributed by atoms with Gasteiger partial charge < -0.3 is 5.32 Å². The number of benzene rings is 2. The van der Waals surface area contributed by atoms with Crippen molar-refractivity contribution in [3.8, 4) is 0 Å². The summed E-state index contributed by atoms with van der Waals surface area (Å²) < 4.78 is 0. The van der Waals surface area contributed by atoms with Crippen LogP contribution in [0.15, 0.2) is 60.7 Å². The molecule has 0 aromatic heterocycles. The van der Waals surface area contributed by atoms with E-state index in [1.165, 1.54) is 37.1 Å². The van der Waals surface area contributed by atoms with E-state index in [2.05, 4.69) is 66.0 Å². The Morgan fingerprint density at radius 2 is 1.11 bits per heavy atom. The third-order valence-electron chi connectivity index (χ3n) is 3.05. The number of nitrogens with one attached hydrogen (secondary N) is 1. The van der Waals surface area contributed by atoms with Crippen LogP contribution in [0.4, 0.5) is 0 Å². The molecule has 0 unspecified atom stereocenters. The van der Waals surface area contributed by atoms with Gasteiger partial charge in [-0.1, -0.05) is 60.7 Å². The zero-order valence-corrected chi connectivity index (χ0v) is 11.8. The van der Waals surface area contributed by atoms with Crippen molar-refractivity contribution in [3.63, 3.8) is 0 Å². The minimum absolute atomic E-state index is 0. The summed E-state index contributed by atoms with van der Waals surface area (Å²) in [4.78, 5) is 0. The summed E-state index contributed by atoms with van der Waals surface area (Å²) in [7, 11) is 0. The van der Waals surface area contributed by atoms with E-state index in [9.17, 15) is 0 Å². The molecule has 1 fully saturated rings. The van der Waals surface area contributed by atoms with Crippen molar-refractivity contribution in [3.05, 3.63) is 71.8 Å². The molecule has 1 nitrogen and oxygen atoms in total. The van der Waals surface area contributed by atoms with Crippen LogP contribution in [0.2, 0.25) is 0 Å². The molecule has 1 saturated heterocycles. The minimum Gasteiger partial charge on any atom is -0.317 e. The average molecular weight is 246 g/mol. The third-order valence-corrected chi connectivity index (χ3v) is 3.05. The largest absolute Gasteiger partial charge is 1.00 e. The molecule has 2 aromatic carbocycles. The zero-order valence-electron chi connectivity index (χ0n) is 11.8. The second kappa shape index (κ2) is 9.87. The Labute approximate surface area is 128 Å². The summed E-state index contributed by atoms with van der Waals surface area (Å²) in [6.07, 6.45) is 3.81. The van der Waals surface area contributed by atoms with Crippen molar-refractivity contribution in [2.24, 2.45) is 0 Å². The molecule has 1 aliphatic rings. The number of hydrogen-bond donors (Lipinski definition) is 1. The van der Waals surface area contributed by atoms with Crippen molar-refractivity contribution < 1.29 is 18.9 Å². The predicted octanol–water partition coefficient (Wildman–Crippen LogP) is 0.651. The van der Waals surface area contributed by atoms with Gasteiger partial charge in [-0.15, -0.1) is 0 Å². The molecule has 2 heteroatoms. The van der Waals surface area contributed by atoms with Gasteiger partial charge in [0, 0.05) is 0 Å². The molecule has 19 heavy (non-hydrogen) atoms. The summed E-state index contributed by atoms with van der Waals surface area (Å²) in [5.74, 6) is 0. The first kappa shape index (κ1) is 16.1. The molecule has 0 radical (unpaired) electrons. The summed E-state index contributed by atoms with van der Waals surface area (Å²) in [5.41, 5.74) is 2.74. The topological polar surface area (TPSA) is 12.0 Å². The van der Waals surface area contributed by atoms with Crippen molar-refractivity contribution >= 4 is 0 Å². The maximum Gasteiger partial charge on any atom is 1.00 e. The van der Waals surface area contributed by atoms with Gasteiger partial charge in [0.05, 0.1) is 0 Å². The summed E-state index contributed by atoms with van der Waals surface area (Å²) in [5, 5.41) is 3.22. The molecule has 2 aromatic rings. The van der Waals surface area contributed by atoms with E-state index >= 15 is 0 Å². The van der Waals surface area contributed by atoms with Gasteiger partial charge in [0.25, 0.3) is 0 Å². The summed E-state index contributed by atoms with van der Waals surface area (Å²) in [6.45, 7) is 2.50. The molecule has 3 rings (SSSR count). The fourth-order valence-electron chi connectivity index (χ4n) is 2.05. The van der Waals surface area contributed by atoms with Crippen molar-refractivity contribution in [2.45, 2.75) is 19.3 Å². The second-order valence-electron chi connectivity index (χ2n) is 4.61. The van der Waals surface area contributed by atoms with E-state index in [4.69, 9.17) is 0 Å². The second-order valence-corrected chi connectivity index (χ2v) is 4.61. The van der Waals surface area contributed by atoms with E-state index in [1.54, 1.807) is 0 Å². The predicted molar refractivity (Wildman–Crippen MR) is 77.8 cm³/mol. The van der Waals surface area contributed by atoms with Crippen LogP contribution in [-0.4, -0.2) is 13.1 Å². The fraction of sp³-hybridized carbons (Fsp3) is 0.294. The smallest absolute Gasteiger partial charge is 0.317 e. The Bertz CT molecular complexity index is 378. The van der Waals surface area contributed by atoms with Gasteiger partial charge in [-0.2, -0.15) is 0 Å². The first-order chi connectivity index (χ1) is 8.95. The average Bonchev–Trinajstić information content (AvgIpc) is 3.00. The number of hydrogen-bond acceptors (Lipinski definition) is 1. The van der Waals surface area contributed by atoms with Crippen LogP contribution >= 0.6 is 0 Å². The molecule has 1 heterocycles. The van der Waals surface area contributed by atoms with Gasteiger partial charge >= 0.3 is 18.9 Å². The quantitative estimate of drug-likeness (QED) is 0.767. The summed E-state index contributed by atoms with van der Waals surface area (Å²) >= 11 is 0. The minimum atomic E-state index is 0. The third kappa shape index (κ3) is 6.64. The van der Waals surface area contributed by atoms with E-state index in [1.807, 2.05) is 0 Å². The Hall–Kier alpha value is -1.00. The van der Waals surface area contributed by atoms with Crippen LogP contribution in [0.1, 0.15) is 24.0 Å². The van der Waals surface area contributed by atoms with Crippen molar-refractivity contribution in [1.82, 2.24) is 5.32 Å². The van der Waals surface area contributed by atoms with Gasteiger partial charge in [0.1, 0.15) is 0 Å². The van der Waals surface area contributed by atoms with Gasteiger partial charge in [0.2, 0.25) is 0 Å². The molecule has 0 atom stereocenters. The molecular weight excluding hydrogens is 225 g/mol. The Kier molecular flexibility index (Phi) is 8.34. The first-order valence-corrected chi connectivity index (χ1v) is 6.74. The van der Waals surface area contributed by atoms with E-state index in [0.717, 1.165) is 6.42 Å². The van der Waals surface area contributed by atoms with Crippen LogP contribution in [0, 0.1) is 0 Å². The molecule has 0 spiro atoms. The molecular formula is C17H21LiN+. The van der Waals surface area contributed by atoms with Crippen molar-refractivity contribution in [1.29, 1.82) is 0 Å². The van der Waals surface area contributed by atoms with Gasteiger partial charge in [-0.25, -0.2) is 0 Å². The Balaban J connectivity index is 0.000000256. The monoisotopic (exact) mass is 246 g/mol. The molecule has 94 valence electrons. The van der Waals surface area contributed by atoms with Gasteiger partial charge in [-0.3, -0.25) is 0 Å². The molecule has 0 aliphatic carbocycles. The molecule has 0 saturated carbocycles.